The van der Waals surface area contributed by atoms with Gasteiger partial charge in [0.1, 0.15) is 5.75 Å². The van der Waals surface area contributed by atoms with Crippen LogP contribution < -0.4 is 4.74 Å². The van der Waals surface area contributed by atoms with Crippen molar-refractivity contribution in [2.24, 2.45) is 0 Å². The van der Waals surface area contributed by atoms with E-state index in [9.17, 15) is 5.11 Å². The standard InChI is InChI=1S/C12H17O2/c1-14-12-8-6-11(7-9-12)5-3-2-4-10-13/h6-9H,2-5,10H2,1H3. The summed E-state index contributed by atoms with van der Waals surface area (Å²) in [4.78, 5) is 0. The molecule has 0 aromatic heterocycles. The van der Waals surface area contributed by atoms with Crippen LogP contribution in [0.4, 0.5) is 0 Å². The summed E-state index contributed by atoms with van der Waals surface area (Å²) in [5.41, 5.74) is 1.32. The van der Waals surface area contributed by atoms with Gasteiger partial charge in [-0.3, -0.25) is 0 Å². The summed E-state index contributed by atoms with van der Waals surface area (Å²) < 4.78 is 5.07. The molecule has 1 rings (SSSR count). The lowest BCUT2D eigenvalue weighted by Gasteiger charge is -2.02. The lowest BCUT2D eigenvalue weighted by atomic mass is 10.1. The van der Waals surface area contributed by atoms with Gasteiger partial charge in [0.2, 0.25) is 0 Å². The smallest absolute Gasteiger partial charge is 0.118 e. The maximum Gasteiger partial charge on any atom is 0.118 e. The molecule has 0 saturated carbocycles. The number of ether oxygens (including phenoxy) is 1. The lowest BCUT2D eigenvalue weighted by molar-refractivity contribution is 0.186. The van der Waals surface area contributed by atoms with Crippen LogP contribution in [-0.4, -0.2) is 13.7 Å². The third kappa shape index (κ3) is 3.79. The van der Waals surface area contributed by atoms with E-state index in [1.165, 1.54) is 5.56 Å². The fraction of sp³-hybridized carbons (Fsp3) is 0.500. The van der Waals surface area contributed by atoms with E-state index in [0.717, 1.165) is 31.4 Å². The number of unbranched alkanes of at least 4 members (excludes halogenated alkanes) is 2. The van der Waals surface area contributed by atoms with Crippen molar-refractivity contribution in [3.63, 3.8) is 0 Å². The molecule has 0 spiro atoms. The highest BCUT2D eigenvalue weighted by Gasteiger charge is 1.94. The molecule has 0 amide bonds. The molecule has 0 N–H and O–H groups in total. The Hall–Kier alpha value is -1.02. The molecule has 0 atom stereocenters. The summed E-state index contributed by atoms with van der Waals surface area (Å²) in [6.45, 7) is 0.0581. The predicted molar refractivity (Wildman–Crippen MR) is 56.1 cm³/mol. The minimum absolute atomic E-state index is 0.0581. The fourth-order valence-electron chi connectivity index (χ4n) is 1.40. The van der Waals surface area contributed by atoms with E-state index in [2.05, 4.69) is 12.1 Å². The van der Waals surface area contributed by atoms with Crippen molar-refractivity contribution < 1.29 is 9.84 Å². The second kappa shape index (κ2) is 6.44. The average Bonchev–Trinajstić information content (AvgIpc) is 2.25. The molecule has 77 valence electrons. The maximum absolute atomic E-state index is 10.2. The van der Waals surface area contributed by atoms with Gasteiger partial charge in [0.25, 0.3) is 0 Å². The normalized spacial score (nSPS) is 10.1. The van der Waals surface area contributed by atoms with Gasteiger partial charge in [-0.15, -0.1) is 0 Å². The van der Waals surface area contributed by atoms with Gasteiger partial charge in [-0.1, -0.05) is 18.6 Å². The average molecular weight is 193 g/mol. The summed E-state index contributed by atoms with van der Waals surface area (Å²) in [6, 6.07) is 8.11. The Morgan fingerprint density at radius 2 is 1.79 bits per heavy atom. The van der Waals surface area contributed by atoms with Crippen molar-refractivity contribution in [1.29, 1.82) is 0 Å². The molecule has 2 heteroatoms. The molecule has 2 nitrogen and oxygen atoms in total. The molecular weight excluding hydrogens is 176 g/mol. The fourth-order valence-corrected chi connectivity index (χ4v) is 1.40. The number of hydrogen-bond acceptors (Lipinski definition) is 1. The highest BCUT2D eigenvalue weighted by Crippen LogP contribution is 2.13. The Bertz CT molecular complexity index is 241. The Labute approximate surface area is 85.5 Å². The first kappa shape index (κ1) is 11.1. The van der Waals surface area contributed by atoms with E-state index >= 15 is 0 Å². The van der Waals surface area contributed by atoms with E-state index in [1.807, 2.05) is 12.1 Å². The van der Waals surface area contributed by atoms with Gasteiger partial charge in [-0.2, -0.15) is 0 Å². The van der Waals surface area contributed by atoms with Crippen molar-refractivity contribution >= 4 is 0 Å². The van der Waals surface area contributed by atoms with Crippen molar-refractivity contribution in [3.8, 4) is 5.75 Å². The number of methoxy groups -OCH3 is 1. The van der Waals surface area contributed by atoms with E-state index in [-0.39, 0.29) is 6.61 Å². The van der Waals surface area contributed by atoms with Gasteiger partial charge < -0.3 is 4.74 Å². The molecule has 0 unspecified atom stereocenters. The number of benzene rings is 1. The zero-order valence-electron chi connectivity index (χ0n) is 8.66. The Kier molecular flexibility index (Phi) is 5.08. The van der Waals surface area contributed by atoms with Crippen LogP contribution in [0, 0.1) is 0 Å². The van der Waals surface area contributed by atoms with Crippen LogP contribution in [0.25, 0.3) is 0 Å². The molecule has 0 aliphatic rings. The largest absolute Gasteiger partial charge is 0.497 e. The van der Waals surface area contributed by atoms with Crippen LogP contribution in [0.2, 0.25) is 0 Å². The molecule has 0 aliphatic carbocycles. The zero-order valence-corrected chi connectivity index (χ0v) is 8.66. The first-order chi connectivity index (χ1) is 6.86. The van der Waals surface area contributed by atoms with Crippen molar-refractivity contribution in [2.75, 3.05) is 13.7 Å². The van der Waals surface area contributed by atoms with E-state index in [0.29, 0.717) is 0 Å². The predicted octanol–water partition coefficient (Wildman–Crippen LogP) is 2.84. The molecule has 0 bridgehead atoms. The topological polar surface area (TPSA) is 29.1 Å². The SMILES string of the molecule is COc1ccc(CCCCC[O])cc1. The van der Waals surface area contributed by atoms with E-state index in [4.69, 9.17) is 4.74 Å². The molecular formula is C12H17O2. The summed E-state index contributed by atoms with van der Waals surface area (Å²) in [6.07, 6.45) is 4.00. The third-order valence-corrected chi connectivity index (χ3v) is 2.27. The lowest BCUT2D eigenvalue weighted by Crippen LogP contribution is -1.88. The molecule has 0 saturated heterocycles. The Balaban J connectivity index is 2.29. The summed E-state index contributed by atoms with van der Waals surface area (Å²) >= 11 is 0. The minimum Gasteiger partial charge on any atom is -0.497 e. The maximum atomic E-state index is 10.2. The van der Waals surface area contributed by atoms with Crippen LogP contribution in [0.15, 0.2) is 24.3 Å². The molecule has 1 radical (unpaired) electrons. The van der Waals surface area contributed by atoms with E-state index in [1.54, 1.807) is 7.11 Å². The number of aryl methyl sites for hydroxylation is 1. The van der Waals surface area contributed by atoms with Crippen LogP contribution in [0.3, 0.4) is 0 Å². The number of rotatable bonds is 6. The van der Waals surface area contributed by atoms with Crippen LogP contribution >= 0.6 is 0 Å². The molecule has 0 aliphatic heterocycles. The first-order valence-corrected chi connectivity index (χ1v) is 5.08. The van der Waals surface area contributed by atoms with Gasteiger partial charge in [0.05, 0.1) is 13.7 Å². The second-order valence-corrected chi connectivity index (χ2v) is 3.36. The van der Waals surface area contributed by atoms with Gasteiger partial charge in [0.15, 0.2) is 0 Å². The zero-order chi connectivity index (χ0) is 10.2. The molecule has 1 aromatic rings. The van der Waals surface area contributed by atoms with Gasteiger partial charge in [-0.25, -0.2) is 5.11 Å². The highest BCUT2D eigenvalue weighted by atomic mass is 16.5. The number of hydrogen-bond donors (Lipinski definition) is 0. The minimum atomic E-state index is 0.0581. The van der Waals surface area contributed by atoms with E-state index < -0.39 is 0 Å². The summed E-state index contributed by atoms with van der Waals surface area (Å²) in [5.74, 6) is 0.897. The third-order valence-electron chi connectivity index (χ3n) is 2.27. The molecule has 1 aromatic carbocycles. The van der Waals surface area contributed by atoms with Gasteiger partial charge in [-0.05, 0) is 37.0 Å². The highest BCUT2D eigenvalue weighted by molar-refractivity contribution is 5.27. The first-order valence-electron chi connectivity index (χ1n) is 5.08. The van der Waals surface area contributed by atoms with Gasteiger partial charge >= 0.3 is 0 Å². The molecule has 14 heavy (non-hydrogen) atoms. The van der Waals surface area contributed by atoms with Gasteiger partial charge in [0, 0.05) is 0 Å². The van der Waals surface area contributed by atoms with Crippen molar-refractivity contribution in [2.45, 2.75) is 25.7 Å². The molecule has 0 fully saturated rings. The van der Waals surface area contributed by atoms with Crippen LogP contribution in [-0.2, 0) is 11.5 Å². The Morgan fingerprint density at radius 1 is 1.07 bits per heavy atom. The molecule has 0 heterocycles. The monoisotopic (exact) mass is 193 g/mol. The van der Waals surface area contributed by atoms with Crippen LogP contribution in [0.1, 0.15) is 24.8 Å². The quantitative estimate of drug-likeness (QED) is 0.639. The second-order valence-electron chi connectivity index (χ2n) is 3.36. The Morgan fingerprint density at radius 3 is 2.36 bits per heavy atom. The van der Waals surface area contributed by atoms with Crippen LogP contribution in [0.5, 0.6) is 5.75 Å². The van der Waals surface area contributed by atoms with Crippen molar-refractivity contribution in [3.05, 3.63) is 29.8 Å². The van der Waals surface area contributed by atoms with Crippen molar-refractivity contribution in [1.82, 2.24) is 0 Å². The summed E-state index contributed by atoms with van der Waals surface area (Å²) in [7, 11) is 1.67. The summed E-state index contributed by atoms with van der Waals surface area (Å²) in [5, 5.41) is 10.2.